The largest absolute Gasteiger partial charge is 0.323 e. The van der Waals surface area contributed by atoms with Gasteiger partial charge in [-0.25, -0.2) is 8.42 Å². The summed E-state index contributed by atoms with van der Waals surface area (Å²) in [6.45, 7) is 0.531. The standard InChI is InChI=1S/C23H20N2O3S/c1-2-17-25(18-19-9-5-3-6-10-19)23(26)20-13-15-22(16-14-20)29(27,28)24-21-11-7-4-8-12-21/h1,3-16,24H,17-18H2. The molecule has 0 aromatic heterocycles. The Morgan fingerprint density at radius 2 is 1.48 bits per heavy atom. The number of anilines is 1. The van der Waals surface area contributed by atoms with Crippen molar-refractivity contribution in [2.75, 3.05) is 11.3 Å². The molecule has 0 atom stereocenters. The van der Waals surface area contributed by atoms with Gasteiger partial charge in [0.15, 0.2) is 0 Å². The minimum Gasteiger partial charge on any atom is -0.323 e. The van der Waals surface area contributed by atoms with E-state index in [2.05, 4.69) is 10.6 Å². The van der Waals surface area contributed by atoms with Crippen LogP contribution in [0.25, 0.3) is 0 Å². The van der Waals surface area contributed by atoms with E-state index in [0.29, 0.717) is 17.8 Å². The van der Waals surface area contributed by atoms with E-state index < -0.39 is 10.0 Å². The van der Waals surface area contributed by atoms with Crippen LogP contribution in [0.2, 0.25) is 0 Å². The zero-order chi connectivity index (χ0) is 20.7. The van der Waals surface area contributed by atoms with Crippen molar-refractivity contribution in [2.24, 2.45) is 0 Å². The average molecular weight is 404 g/mol. The van der Waals surface area contributed by atoms with E-state index >= 15 is 0 Å². The Morgan fingerprint density at radius 3 is 2.07 bits per heavy atom. The molecular formula is C23H20N2O3S. The van der Waals surface area contributed by atoms with E-state index in [0.717, 1.165) is 5.56 Å². The van der Waals surface area contributed by atoms with Gasteiger partial charge in [0.1, 0.15) is 0 Å². The molecule has 3 rings (SSSR count). The van der Waals surface area contributed by atoms with Crippen LogP contribution in [0.5, 0.6) is 0 Å². The lowest BCUT2D eigenvalue weighted by Gasteiger charge is -2.20. The molecule has 0 fully saturated rings. The molecule has 0 radical (unpaired) electrons. The Kier molecular flexibility index (Phi) is 6.32. The molecule has 146 valence electrons. The molecule has 0 saturated heterocycles. The average Bonchev–Trinajstić information content (AvgIpc) is 2.74. The molecule has 0 bridgehead atoms. The summed E-state index contributed by atoms with van der Waals surface area (Å²) < 4.78 is 27.6. The van der Waals surface area contributed by atoms with Crippen LogP contribution in [0.15, 0.2) is 89.8 Å². The third-order valence-electron chi connectivity index (χ3n) is 4.22. The second-order valence-corrected chi connectivity index (χ2v) is 8.03. The number of rotatable bonds is 7. The van der Waals surface area contributed by atoms with E-state index in [1.54, 1.807) is 35.2 Å². The number of amides is 1. The number of hydrogen-bond donors (Lipinski definition) is 1. The lowest BCUT2D eigenvalue weighted by atomic mass is 10.1. The van der Waals surface area contributed by atoms with Gasteiger partial charge in [0.05, 0.1) is 11.4 Å². The summed E-state index contributed by atoms with van der Waals surface area (Å²) in [5, 5.41) is 0. The van der Waals surface area contributed by atoms with Gasteiger partial charge in [-0.2, -0.15) is 0 Å². The Labute approximate surface area is 171 Å². The van der Waals surface area contributed by atoms with Gasteiger partial charge in [0, 0.05) is 17.8 Å². The Balaban J connectivity index is 1.77. The summed E-state index contributed by atoms with van der Waals surface area (Å²) >= 11 is 0. The van der Waals surface area contributed by atoms with Crippen LogP contribution in [0, 0.1) is 12.3 Å². The number of para-hydroxylation sites is 1. The van der Waals surface area contributed by atoms with Crippen LogP contribution < -0.4 is 4.72 Å². The van der Waals surface area contributed by atoms with Crippen LogP contribution in [-0.4, -0.2) is 25.8 Å². The van der Waals surface area contributed by atoms with Gasteiger partial charge in [-0.05, 0) is 42.0 Å². The molecule has 0 unspecified atom stereocenters. The smallest absolute Gasteiger partial charge is 0.261 e. The van der Waals surface area contributed by atoms with Crippen molar-refractivity contribution in [2.45, 2.75) is 11.4 Å². The molecule has 6 heteroatoms. The molecule has 0 aliphatic carbocycles. The van der Waals surface area contributed by atoms with Crippen molar-refractivity contribution in [3.05, 3.63) is 96.1 Å². The number of carbonyl (C=O) groups is 1. The molecule has 0 saturated carbocycles. The highest BCUT2D eigenvalue weighted by Crippen LogP contribution is 2.17. The Hall–Kier alpha value is -3.56. The van der Waals surface area contributed by atoms with E-state index in [-0.39, 0.29) is 17.3 Å². The van der Waals surface area contributed by atoms with Gasteiger partial charge in [-0.1, -0.05) is 54.5 Å². The fourth-order valence-corrected chi connectivity index (χ4v) is 3.85. The molecule has 0 aliphatic heterocycles. The molecule has 29 heavy (non-hydrogen) atoms. The molecule has 0 heterocycles. The van der Waals surface area contributed by atoms with Gasteiger partial charge in [0.2, 0.25) is 0 Å². The summed E-state index contributed by atoms with van der Waals surface area (Å²) in [5.74, 6) is 2.24. The molecule has 5 nitrogen and oxygen atoms in total. The highest BCUT2D eigenvalue weighted by atomic mass is 32.2. The van der Waals surface area contributed by atoms with Crippen molar-refractivity contribution in [3.8, 4) is 12.3 Å². The maximum Gasteiger partial charge on any atom is 0.261 e. The number of terminal acetylenes is 1. The predicted molar refractivity (Wildman–Crippen MR) is 114 cm³/mol. The van der Waals surface area contributed by atoms with Crippen molar-refractivity contribution in [1.82, 2.24) is 4.90 Å². The number of hydrogen-bond acceptors (Lipinski definition) is 3. The summed E-state index contributed by atoms with van der Waals surface area (Å²) in [7, 11) is -3.74. The highest BCUT2D eigenvalue weighted by molar-refractivity contribution is 7.92. The first-order valence-electron chi connectivity index (χ1n) is 8.94. The van der Waals surface area contributed by atoms with Crippen LogP contribution in [0.4, 0.5) is 5.69 Å². The summed E-state index contributed by atoms with van der Waals surface area (Å²) in [5.41, 5.74) is 1.80. The van der Waals surface area contributed by atoms with Gasteiger partial charge in [0.25, 0.3) is 15.9 Å². The molecular weight excluding hydrogens is 384 g/mol. The van der Waals surface area contributed by atoms with E-state index in [9.17, 15) is 13.2 Å². The van der Waals surface area contributed by atoms with Crippen molar-refractivity contribution < 1.29 is 13.2 Å². The molecule has 0 aliphatic rings. The van der Waals surface area contributed by atoms with Crippen LogP contribution in [0.1, 0.15) is 15.9 Å². The number of nitrogens with zero attached hydrogens (tertiary/aromatic N) is 1. The fraction of sp³-hybridized carbons (Fsp3) is 0.0870. The maximum absolute atomic E-state index is 12.9. The van der Waals surface area contributed by atoms with Crippen LogP contribution >= 0.6 is 0 Å². The molecule has 1 amide bonds. The highest BCUT2D eigenvalue weighted by Gasteiger charge is 2.18. The third kappa shape index (κ3) is 5.24. The minimum atomic E-state index is -3.74. The van der Waals surface area contributed by atoms with Crippen LogP contribution in [0.3, 0.4) is 0 Å². The zero-order valence-electron chi connectivity index (χ0n) is 15.7. The van der Waals surface area contributed by atoms with E-state index in [4.69, 9.17) is 6.42 Å². The molecule has 3 aromatic carbocycles. The second-order valence-electron chi connectivity index (χ2n) is 6.35. The monoisotopic (exact) mass is 404 g/mol. The maximum atomic E-state index is 12.9. The lowest BCUT2D eigenvalue weighted by molar-refractivity contribution is 0.0765. The topological polar surface area (TPSA) is 66.5 Å². The SMILES string of the molecule is C#CCN(Cc1ccccc1)C(=O)c1ccc(S(=O)(=O)Nc2ccccc2)cc1. The number of benzene rings is 3. The Morgan fingerprint density at radius 1 is 0.897 bits per heavy atom. The summed E-state index contributed by atoms with van der Waals surface area (Å²) in [4.78, 5) is 14.5. The summed E-state index contributed by atoms with van der Waals surface area (Å²) in [6, 6.07) is 24.0. The number of carbonyl (C=O) groups excluding carboxylic acids is 1. The van der Waals surface area contributed by atoms with E-state index in [1.807, 2.05) is 30.3 Å². The third-order valence-corrected chi connectivity index (χ3v) is 5.62. The quantitative estimate of drug-likeness (QED) is 0.610. The molecule has 0 spiro atoms. The van der Waals surface area contributed by atoms with Crippen LogP contribution in [-0.2, 0) is 16.6 Å². The van der Waals surface area contributed by atoms with E-state index in [1.165, 1.54) is 24.3 Å². The second kappa shape index (κ2) is 9.09. The van der Waals surface area contributed by atoms with Gasteiger partial charge < -0.3 is 4.90 Å². The van der Waals surface area contributed by atoms with Crippen molar-refractivity contribution in [1.29, 1.82) is 0 Å². The zero-order valence-corrected chi connectivity index (χ0v) is 16.5. The van der Waals surface area contributed by atoms with Gasteiger partial charge in [-0.3, -0.25) is 9.52 Å². The normalized spacial score (nSPS) is 10.7. The Bertz CT molecular complexity index is 1100. The lowest BCUT2D eigenvalue weighted by Crippen LogP contribution is -2.31. The molecule has 3 aromatic rings. The fourth-order valence-electron chi connectivity index (χ4n) is 2.79. The van der Waals surface area contributed by atoms with Crippen molar-refractivity contribution >= 4 is 21.6 Å². The predicted octanol–water partition coefficient (Wildman–Crippen LogP) is 3.76. The first-order chi connectivity index (χ1) is 14.0. The minimum absolute atomic E-state index is 0.0736. The van der Waals surface area contributed by atoms with Gasteiger partial charge >= 0.3 is 0 Å². The van der Waals surface area contributed by atoms with Gasteiger partial charge in [-0.15, -0.1) is 6.42 Å². The number of sulfonamides is 1. The summed E-state index contributed by atoms with van der Waals surface area (Å²) in [6.07, 6.45) is 5.42. The number of nitrogens with one attached hydrogen (secondary N) is 1. The van der Waals surface area contributed by atoms with Crippen molar-refractivity contribution in [3.63, 3.8) is 0 Å². The first-order valence-corrected chi connectivity index (χ1v) is 10.4. The molecule has 1 N–H and O–H groups in total. The first kappa shape index (κ1) is 20.2.